The van der Waals surface area contributed by atoms with Crippen molar-refractivity contribution in [3.8, 4) is 17.2 Å². The number of Topliss-reactive ketones (excluding diaryl/α,β-unsaturated/α-hetero) is 1. The van der Waals surface area contributed by atoms with Crippen LogP contribution in [0.2, 0.25) is 0 Å². The zero-order chi connectivity index (χ0) is 25.8. The maximum atomic E-state index is 14.1. The molecule has 186 valence electrons. The predicted octanol–water partition coefficient (Wildman–Crippen LogP) is 4.86. The smallest absolute Gasteiger partial charge is 0.295 e. The van der Waals surface area contributed by atoms with Gasteiger partial charge >= 0.3 is 0 Å². The largest absolute Gasteiger partial charge is 0.507 e. The van der Waals surface area contributed by atoms with Gasteiger partial charge in [0.15, 0.2) is 0 Å². The molecule has 3 aromatic rings. The number of aliphatic hydroxyl groups is 1. The van der Waals surface area contributed by atoms with Crippen LogP contribution in [-0.2, 0) is 16.1 Å². The van der Waals surface area contributed by atoms with Gasteiger partial charge in [-0.2, -0.15) is 0 Å². The lowest BCUT2D eigenvalue weighted by molar-refractivity contribution is -0.140. The van der Waals surface area contributed by atoms with Crippen LogP contribution in [0.1, 0.15) is 29.7 Å². The Labute approximate surface area is 208 Å². The monoisotopic (exact) mass is 491 g/mol. The molecular weight excluding hydrogens is 465 g/mol. The molecule has 3 aromatic carbocycles. The van der Waals surface area contributed by atoms with Crippen LogP contribution in [0.15, 0.2) is 72.3 Å². The van der Waals surface area contributed by atoms with Crippen LogP contribution in [0.25, 0.3) is 5.76 Å². The Balaban J connectivity index is 1.85. The average Bonchev–Trinajstić information content (AvgIpc) is 3.14. The van der Waals surface area contributed by atoms with Gasteiger partial charge in [-0.25, -0.2) is 4.39 Å². The summed E-state index contributed by atoms with van der Waals surface area (Å²) in [5.74, 6) is -1.33. The first kappa shape index (κ1) is 24.8. The third kappa shape index (κ3) is 4.75. The fraction of sp³-hybridized carbons (Fsp3) is 0.214. The lowest BCUT2D eigenvalue weighted by Gasteiger charge is -2.26. The first-order valence-electron chi connectivity index (χ1n) is 11.4. The van der Waals surface area contributed by atoms with Crippen molar-refractivity contribution in [1.29, 1.82) is 0 Å². The molecule has 1 heterocycles. The number of halogens is 1. The number of rotatable bonds is 8. The summed E-state index contributed by atoms with van der Waals surface area (Å²) in [7, 11) is 2.93. The summed E-state index contributed by atoms with van der Waals surface area (Å²) in [5, 5.41) is 11.3. The number of carbonyl (C=O) groups excluding carboxylic acids is 2. The second-order valence-electron chi connectivity index (χ2n) is 8.12. The second kappa shape index (κ2) is 10.5. The van der Waals surface area contributed by atoms with E-state index in [1.54, 1.807) is 55.6 Å². The number of amides is 1. The number of nitrogens with zero attached hydrogens (tertiary/aromatic N) is 1. The van der Waals surface area contributed by atoms with Gasteiger partial charge in [0, 0.05) is 6.54 Å². The van der Waals surface area contributed by atoms with Crippen molar-refractivity contribution in [1.82, 2.24) is 4.90 Å². The van der Waals surface area contributed by atoms with Crippen molar-refractivity contribution in [3.05, 3.63) is 94.8 Å². The van der Waals surface area contributed by atoms with Gasteiger partial charge in [0.05, 0.1) is 38.0 Å². The summed E-state index contributed by atoms with van der Waals surface area (Å²) in [6, 6.07) is 16.7. The highest BCUT2D eigenvalue weighted by molar-refractivity contribution is 6.46. The van der Waals surface area contributed by atoms with E-state index in [4.69, 9.17) is 14.2 Å². The molecule has 0 radical (unpaired) electrons. The van der Waals surface area contributed by atoms with Gasteiger partial charge in [-0.3, -0.25) is 9.59 Å². The van der Waals surface area contributed by atoms with Gasteiger partial charge in [-0.1, -0.05) is 24.3 Å². The van der Waals surface area contributed by atoms with Crippen molar-refractivity contribution in [2.75, 3.05) is 20.8 Å². The zero-order valence-corrected chi connectivity index (χ0v) is 20.2. The third-order valence-corrected chi connectivity index (χ3v) is 5.98. The standard InChI is InChI=1S/C28H26FNO6/c1-4-36-21-12-7-18(8-13-21)25-24(26(31)22-15-19(29)9-14-23(22)35-3)27(32)28(33)30(25)16-17-5-10-20(34-2)11-6-17/h5-15,25,31H,4,16H2,1-3H3/b26-24+. The fourth-order valence-electron chi connectivity index (χ4n) is 4.24. The molecule has 8 heteroatoms. The van der Waals surface area contributed by atoms with E-state index in [1.807, 2.05) is 6.92 Å². The molecule has 4 rings (SSSR count). The topological polar surface area (TPSA) is 85.3 Å². The van der Waals surface area contributed by atoms with Crippen molar-refractivity contribution in [3.63, 3.8) is 0 Å². The van der Waals surface area contributed by atoms with E-state index in [9.17, 15) is 19.1 Å². The molecule has 1 amide bonds. The lowest BCUT2D eigenvalue weighted by atomic mass is 9.94. The molecule has 0 aliphatic carbocycles. The molecule has 1 aliphatic heterocycles. The summed E-state index contributed by atoms with van der Waals surface area (Å²) in [6.45, 7) is 2.45. The number of hydrogen-bond acceptors (Lipinski definition) is 6. The average molecular weight is 492 g/mol. The number of aliphatic hydroxyl groups excluding tert-OH is 1. The van der Waals surface area contributed by atoms with Gasteiger partial charge < -0.3 is 24.2 Å². The van der Waals surface area contributed by atoms with Crippen molar-refractivity contribution in [2.45, 2.75) is 19.5 Å². The molecule has 1 aliphatic rings. The highest BCUT2D eigenvalue weighted by atomic mass is 19.1. The number of ketones is 1. The minimum atomic E-state index is -0.921. The predicted molar refractivity (Wildman–Crippen MR) is 131 cm³/mol. The Morgan fingerprint density at radius 1 is 0.944 bits per heavy atom. The molecule has 1 unspecified atom stereocenters. The quantitative estimate of drug-likeness (QED) is 0.275. The molecule has 0 spiro atoms. The molecule has 36 heavy (non-hydrogen) atoms. The second-order valence-corrected chi connectivity index (χ2v) is 8.12. The number of methoxy groups -OCH3 is 2. The van der Waals surface area contributed by atoms with Crippen LogP contribution in [0.4, 0.5) is 4.39 Å². The molecule has 0 saturated carbocycles. The van der Waals surface area contributed by atoms with Gasteiger partial charge in [0.2, 0.25) is 0 Å². The van der Waals surface area contributed by atoms with Crippen LogP contribution >= 0.6 is 0 Å². The van der Waals surface area contributed by atoms with E-state index in [2.05, 4.69) is 0 Å². The Hall–Kier alpha value is -4.33. The first-order chi connectivity index (χ1) is 17.4. The van der Waals surface area contributed by atoms with Crippen LogP contribution in [-0.4, -0.2) is 42.5 Å². The Kier molecular flexibility index (Phi) is 7.24. The maximum Gasteiger partial charge on any atom is 0.295 e. The molecule has 1 atom stereocenters. The SMILES string of the molecule is CCOc1ccc(C2/C(=C(\O)c3cc(F)ccc3OC)C(=O)C(=O)N2Cc2ccc(OC)cc2)cc1. The van der Waals surface area contributed by atoms with Gasteiger partial charge in [-0.05, 0) is 60.5 Å². The molecule has 0 bridgehead atoms. The Bertz CT molecular complexity index is 1300. The van der Waals surface area contributed by atoms with E-state index in [1.165, 1.54) is 24.1 Å². The van der Waals surface area contributed by atoms with E-state index >= 15 is 0 Å². The maximum absolute atomic E-state index is 14.1. The number of carbonyl (C=O) groups is 2. The minimum absolute atomic E-state index is 0.0177. The molecule has 1 saturated heterocycles. The van der Waals surface area contributed by atoms with E-state index in [0.717, 1.165) is 11.6 Å². The highest BCUT2D eigenvalue weighted by Gasteiger charge is 2.46. The van der Waals surface area contributed by atoms with Crippen LogP contribution in [0, 0.1) is 5.82 Å². The lowest BCUT2D eigenvalue weighted by Crippen LogP contribution is -2.29. The van der Waals surface area contributed by atoms with Gasteiger partial charge in [0.1, 0.15) is 28.8 Å². The number of hydrogen-bond donors (Lipinski definition) is 1. The number of ether oxygens (including phenoxy) is 3. The summed E-state index contributed by atoms with van der Waals surface area (Å²) >= 11 is 0. The van der Waals surface area contributed by atoms with Gasteiger partial charge in [-0.15, -0.1) is 0 Å². The Morgan fingerprint density at radius 3 is 2.22 bits per heavy atom. The van der Waals surface area contributed by atoms with Crippen molar-refractivity contribution in [2.24, 2.45) is 0 Å². The van der Waals surface area contributed by atoms with Crippen LogP contribution < -0.4 is 14.2 Å². The number of benzene rings is 3. The summed E-state index contributed by atoms with van der Waals surface area (Å²) in [6.07, 6.45) is 0. The molecule has 1 N–H and O–H groups in total. The first-order valence-corrected chi connectivity index (χ1v) is 11.4. The highest BCUT2D eigenvalue weighted by Crippen LogP contribution is 2.42. The summed E-state index contributed by atoms with van der Waals surface area (Å²) < 4.78 is 30.1. The molecule has 7 nitrogen and oxygen atoms in total. The van der Waals surface area contributed by atoms with E-state index in [0.29, 0.717) is 23.7 Å². The minimum Gasteiger partial charge on any atom is -0.507 e. The molecular formula is C28H26FNO6. The number of likely N-dealkylation sites (tertiary alicyclic amines) is 1. The van der Waals surface area contributed by atoms with Crippen molar-refractivity contribution >= 4 is 17.4 Å². The van der Waals surface area contributed by atoms with E-state index in [-0.39, 0.29) is 23.4 Å². The fourth-order valence-corrected chi connectivity index (χ4v) is 4.24. The molecule has 1 fully saturated rings. The van der Waals surface area contributed by atoms with Crippen LogP contribution in [0.5, 0.6) is 17.2 Å². The normalized spacial score (nSPS) is 16.8. The molecule has 0 aromatic heterocycles. The third-order valence-electron chi connectivity index (χ3n) is 5.98. The van der Waals surface area contributed by atoms with Gasteiger partial charge in [0.25, 0.3) is 11.7 Å². The van der Waals surface area contributed by atoms with E-state index < -0.39 is 29.3 Å². The zero-order valence-electron chi connectivity index (χ0n) is 20.2. The van der Waals surface area contributed by atoms with Crippen molar-refractivity contribution < 1.29 is 33.3 Å². The van der Waals surface area contributed by atoms with Crippen LogP contribution in [0.3, 0.4) is 0 Å². The summed E-state index contributed by atoms with van der Waals surface area (Å²) in [4.78, 5) is 27.9. The summed E-state index contributed by atoms with van der Waals surface area (Å²) in [5.41, 5.74) is 1.18. The Morgan fingerprint density at radius 2 is 1.61 bits per heavy atom.